The molecule has 1 aromatic heterocycles. The van der Waals surface area contributed by atoms with Crippen LogP contribution in [0, 0.1) is 6.92 Å². The van der Waals surface area contributed by atoms with Gasteiger partial charge < -0.3 is 20.3 Å². The standard InChI is InChI=1S/C32H44N6O5S3.ClH/c1-7-25(8-2)44-45-29(22(3)38(21-39)20-24-19-34-23(4)36-32(24)33)16-18-43-31(40)15-17-35-46(41,42)30-14-10-11-26-27(30)12-9-13-28(26)37(5)6;/h9-14,19,21,25,35H,7-8,15-18,20H2,1-6H3,(H2,33,34,36);1H. The van der Waals surface area contributed by atoms with Gasteiger partial charge in [0.25, 0.3) is 0 Å². The lowest BCUT2D eigenvalue weighted by Crippen LogP contribution is -2.27. The number of carbonyl (C=O) groups excluding carboxylic acids is 2. The Morgan fingerprint density at radius 2 is 1.79 bits per heavy atom. The van der Waals surface area contributed by atoms with Crippen molar-refractivity contribution in [1.29, 1.82) is 0 Å². The van der Waals surface area contributed by atoms with Gasteiger partial charge in [0.05, 0.1) is 24.5 Å². The van der Waals surface area contributed by atoms with Crippen molar-refractivity contribution >= 4 is 78.7 Å². The summed E-state index contributed by atoms with van der Waals surface area (Å²) in [6, 6.07) is 10.7. The molecule has 0 bridgehead atoms. The maximum atomic E-state index is 13.2. The molecule has 0 unspecified atom stereocenters. The van der Waals surface area contributed by atoms with Crippen molar-refractivity contribution in [3.8, 4) is 0 Å². The molecule has 1 heterocycles. The number of nitrogens with two attached hydrogens (primary N) is 1. The van der Waals surface area contributed by atoms with Crippen molar-refractivity contribution in [2.24, 2.45) is 0 Å². The molecule has 3 aromatic rings. The van der Waals surface area contributed by atoms with Gasteiger partial charge in [0.15, 0.2) is 0 Å². The third kappa shape index (κ3) is 11.3. The number of allylic oxidation sites excluding steroid dienone is 1. The highest BCUT2D eigenvalue weighted by atomic mass is 35.5. The Morgan fingerprint density at radius 3 is 2.43 bits per heavy atom. The molecule has 258 valence electrons. The lowest BCUT2D eigenvalue weighted by molar-refractivity contribution is -0.143. The molecule has 0 spiro atoms. The van der Waals surface area contributed by atoms with E-state index in [9.17, 15) is 18.0 Å². The Morgan fingerprint density at radius 1 is 1.11 bits per heavy atom. The number of hydrogen-bond donors (Lipinski definition) is 2. The van der Waals surface area contributed by atoms with Crippen LogP contribution in [-0.4, -0.2) is 68.2 Å². The average Bonchev–Trinajstić information content (AvgIpc) is 3.02. The zero-order valence-electron chi connectivity index (χ0n) is 27.7. The fourth-order valence-electron chi connectivity index (χ4n) is 4.63. The van der Waals surface area contributed by atoms with Gasteiger partial charge >= 0.3 is 5.97 Å². The van der Waals surface area contributed by atoms with Crippen LogP contribution in [0.5, 0.6) is 0 Å². The summed E-state index contributed by atoms with van der Waals surface area (Å²) in [7, 11) is 3.21. The van der Waals surface area contributed by atoms with E-state index in [2.05, 4.69) is 28.5 Å². The number of carbonyl (C=O) groups is 2. The quantitative estimate of drug-likeness (QED) is 0.0895. The molecule has 11 nitrogen and oxygen atoms in total. The summed E-state index contributed by atoms with van der Waals surface area (Å²) < 4.78 is 34.4. The predicted molar refractivity (Wildman–Crippen MR) is 196 cm³/mol. The first-order chi connectivity index (χ1) is 21.9. The van der Waals surface area contributed by atoms with Crippen molar-refractivity contribution in [1.82, 2.24) is 19.6 Å². The summed E-state index contributed by atoms with van der Waals surface area (Å²) in [5.41, 5.74) is 8.32. The molecule has 0 aliphatic rings. The van der Waals surface area contributed by atoms with Crippen molar-refractivity contribution < 1.29 is 22.7 Å². The van der Waals surface area contributed by atoms with Crippen LogP contribution in [0.1, 0.15) is 57.8 Å². The monoisotopic (exact) mass is 724 g/mol. The average molecular weight is 725 g/mol. The summed E-state index contributed by atoms with van der Waals surface area (Å²) >= 11 is 0. The van der Waals surface area contributed by atoms with Crippen molar-refractivity contribution in [3.05, 3.63) is 64.6 Å². The second kappa shape index (κ2) is 19.1. The molecule has 0 radical (unpaired) electrons. The molecule has 2 aromatic carbocycles. The molecular formula is C32H45ClN6O5S3. The predicted octanol–water partition coefficient (Wildman–Crippen LogP) is 6.07. The Hall–Kier alpha value is -3.04. The first-order valence-corrected chi connectivity index (χ1v) is 18.8. The van der Waals surface area contributed by atoms with Gasteiger partial charge in [-0.05, 0) is 38.8 Å². The van der Waals surface area contributed by atoms with E-state index in [-0.39, 0.29) is 43.4 Å². The zero-order chi connectivity index (χ0) is 33.9. The number of rotatable bonds is 18. The lowest BCUT2D eigenvalue weighted by Gasteiger charge is -2.23. The summed E-state index contributed by atoms with van der Waals surface area (Å²) in [4.78, 5) is 37.7. The van der Waals surface area contributed by atoms with E-state index in [0.717, 1.165) is 40.9 Å². The first kappa shape index (κ1) is 40.1. The number of ether oxygens (including phenoxy) is 1. The molecule has 15 heteroatoms. The van der Waals surface area contributed by atoms with E-state index in [0.29, 0.717) is 34.3 Å². The number of esters is 1. The van der Waals surface area contributed by atoms with E-state index in [1.54, 1.807) is 57.8 Å². The fourth-order valence-corrected chi connectivity index (χ4v) is 9.00. The van der Waals surface area contributed by atoms with Gasteiger partial charge in [0.1, 0.15) is 11.6 Å². The number of nitrogens with one attached hydrogen (secondary N) is 1. The maximum absolute atomic E-state index is 13.2. The summed E-state index contributed by atoms with van der Waals surface area (Å²) in [5.74, 6) is 0.337. The molecule has 0 aliphatic heterocycles. The number of benzene rings is 2. The van der Waals surface area contributed by atoms with Gasteiger partial charge in [0.2, 0.25) is 16.4 Å². The number of fused-ring (bicyclic) bond motifs is 1. The highest BCUT2D eigenvalue weighted by molar-refractivity contribution is 8.78. The van der Waals surface area contributed by atoms with Gasteiger partial charge in [-0.2, -0.15) is 0 Å². The number of nitrogens with zero attached hydrogens (tertiary/aromatic N) is 4. The van der Waals surface area contributed by atoms with Crippen LogP contribution < -0.4 is 15.4 Å². The van der Waals surface area contributed by atoms with Gasteiger partial charge in [-0.3, -0.25) is 9.59 Å². The number of nitrogen functional groups attached to an aromatic ring is 1. The normalized spacial score (nSPS) is 12.0. The third-order valence-corrected chi connectivity index (χ3v) is 12.3. The minimum Gasteiger partial charge on any atom is -0.465 e. The van der Waals surface area contributed by atoms with Crippen LogP contribution >= 0.6 is 34.0 Å². The fraction of sp³-hybridized carbons (Fsp3) is 0.438. The number of halogens is 1. The molecular weight excluding hydrogens is 680 g/mol. The smallest absolute Gasteiger partial charge is 0.307 e. The summed E-state index contributed by atoms with van der Waals surface area (Å²) in [5, 5.41) is 1.84. The Bertz CT molecular complexity index is 1650. The van der Waals surface area contributed by atoms with Crippen LogP contribution in [0.4, 0.5) is 11.5 Å². The second-order valence-electron chi connectivity index (χ2n) is 10.8. The van der Waals surface area contributed by atoms with Crippen molar-refractivity contribution in [2.45, 2.75) is 70.1 Å². The van der Waals surface area contributed by atoms with Gasteiger partial charge in [-0.25, -0.2) is 23.1 Å². The van der Waals surface area contributed by atoms with Gasteiger partial charge in [-0.1, -0.05) is 59.7 Å². The third-order valence-electron chi connectivity index (χ3n) is 7.36. The molecule has 0 aliphatic carbocycles. The Kier molecular flexibility index (Phi) is 16.3. The molecule has 0 saturated heterocycles. The van der Waals surface area contributed by atoms with Gasteiger partial charge in [0, 0.05) is 71.1 Å². The molecule has 0 atom stereocenters. The molecule has 0 fully saturated rings. The van der Waals surface area contributed by atoms with Crippen molar-refractivity contribution in [3.63, 3.8) is 0 Å². The zero-order valence-corrected chi connectivity index (χ0v) is 31.0. The minimum atomic E-state index is -3.88. The van der Waals surface area contributed by atoms with Crippen LogP contribution in [0.25, 0.3) is 10.8 Å². The van der Waals surface area contributed by atoms with Crippen molar-refractivity contribution in [2.75, 3.05) is 37.9 Å². The largest absolute Gasteiger partial charge is 0.465 e. The summed E-state index contributed by atoms with van der Waals surface area (Å²) in [6.45, 7) is 8.03. The topological polar surface area (TPSA) is 148 Å². The number of aryl methyl sites for hydroxylation is 1. The summed E-state index contributed by atoms with van der Waals surface area (Å²) in [6.07, 6.45) is 4.60. The highest BCUT2D eigenvalue weighted by Gasteiger charge is 2.20. The van der Waals surface area contributed by atoms with Crippen LogP contribution in [0.2, 0.25) is 0 Å². The lowest BCUT2D eigenvalue weighted by atomic mass is 10.1. The highest BCUT2D eigenvalue weighted by Crippen LogP contribution is 2.40. The number of anilines is 2. The molecule has 3 N–H and O–H groups in total. The first-order valence-electron chi connectivity index (χ1n) is 15.1. The van der Waals surface area contributed by atoms with E-state index >= 15 is 0 Å². The van der Waals surface area contributed by atoms with E-state index < -0.39 is 16.0 Å². The number of aromatic nitrogens is 2. The van der Waals surface area contributed by atoms with Crippen LogP contribution in [0.3, 0.4) is 0 Å². The van der Waals surface area contributed by atoms with Gasteiger partial charge in [-0.15, -0.1) is 12.4 Å². The number of sulfonamides is 1. The SMILES string of the molecule is CCC(CC)SSC(CCOC(=O)CCNS(=O)(=O)c1cccc2c(N(C)C)cccc12)=C(C)N(C=O)Cc1cnc(C)nc1N.Cl. The molecule has 0 saturated carbocycles. The second-order valence-corrected chi connectivity index (χ2v) is 15.2. The number of amides is 1. The molecule has 3 rings (SSSR count). The van der Waals surface area contributed by atoms with E-state index in [1.165, 1.54) is 0 Å². The number of hydrogen-bond acceptors (Lipinski definition) is 11. The molecule has 47 heavy (non-hydrogen) atoms. The maximum Gasteiger partial charge on any atom is 0.307 e. The molecule has 1 amide bonds. The van der Waals surface area contributed by atoms with E-state index in [1.807, 2.05) is 44.1 Å². The minimum absolute atomic E-state index is 0. The Labute approximate surface area is 292 Å². The Balaban J connectivity index is 0.00000768. The van der Waals surface area contributed by atoms with Crippen LogP contribution in [0.15, 0.2) is 58.1 Å². The van der Waals surface area contributed by atoms with E-state index in [4.69, 9.17) is 10.5 Å². The van der Waals surface area contributed by atoms with Crippen LogP contribution in [-0.2, 0) is 30.9 Å².